The third kappa shape index (κ3) is 2.22. The van der Waals surface area contributed by atoms with Gasteiger partial charge in [0.25, 0.3) is 0 Å². The molecule has 0 saturated carbocycles. The van der Waals surface area contributed by atoms with Crippen molar-refractivity contribution in [3.63, 3.8) is 0 Å². The maximum Gasteiger partial charge on any atom is 0.149 e. The second kappa shape index (κ2) is 4.71. The van der Waals surface area contributed by atoms with E-state index in [4.69, 9.17) is 17.3 Å². The lowest BCUT2D eigenvalue weighted by Gasteiger charge is -2.13. The van der Waals surface area contributed by atoms with Gasteiger partial charge in [-0.1, -0.05) is 24.9 Å². The van der Waals surface area contributed by atoms with Gasteiger partial charge in [-0.05, 0) is 18.6 Å². The normalized spacial score (nSPS) is 12.9. The second-order valence-corrected chi connectivity index (χ2v) is 3.56. The number of hydrogen-bond acceptors (Lipinski definition) is 1. The first-order valence-corrected chi connectivity index (χ1v) is 4.84. The van der Waals surface area contributed by atoms with E-state index in [1.54, 1.807) is 0 Å². The predicted molar refractivity (Wildman–Crippen MR) is 53.2 cm³/mol. The van der Waals surface area contributed by atoms with Gasteiger partial charge in [-0.2, -0.15) is 0 Å². The highest BCUT2D eigenvalue weighted by Gasteiger charge is 2.18. The number of rotatable bonds is 3. The maximum absolute atomic E-state index is 13.4. The number of hydrogen-bond donors (Lipinski definition) is 1. The van der Waals surface area contributed by atoms with Gasteiger partial charge in [0.15, 0.2) is 0 Å². The van der Waals surface area contributed by atoms with Crippen molar-refractivity contribution in [1.29, 1.82) is 0 Å². The molecule has 0 fully saturated rings. The molecular formula is C10H12ClF2N. The van der Waals surface area contributed by atoms with E-state index in [1.165, 1.54) is 6.07 Å². The third-order valence-corrected chi connectivity index (χ3v) is 2.34. The summed E-state index contributed by atoms with van der Waals surface area (Å²) < 4.78 is 26.6. The summed E-state index contributed by atoms with van der Waals surface area (Å²) in [6.07, 6.45) is 1.31. The van der Waals surface area contributed by atoms with Crippen LogP contribution in [0.5, 0.6) is 0 Å². The van der Waals surface area contributed by atoms with Crippen molar-refractivity contribution in [2.24, 2.45) is 5.73 Å². The van der Waals surface area contributed by atoms with E-state index < -0.39 is 17.7 Å². The van der Waals surface area contributed by atoms with E-state index in [2.05, 4.69) is 0 Å². The molecule has 2 N–H and O–H groups in total. The van der Waals surface area contributed by atoms with Crippen LogP contribution in [-0.2, 0) is 0 Å². The van der Waals surface area contributed by atoms with Gasteiger partial charge in [-0.25, -0.2) is 8.78 Å². The molecule has 1 aromatic carbocycles. The van der Waals surface area contributed by atoms with E-state index in [1.807, 2.05) is 6.92 Å². The van der Waals surface area contributed by atoms with Crippen LogP contribution in [0.4, 0.5) is 8.78 Å². The smallest absolute Gasteiger partial charge is 0.149 e. The van der Waals surface area contributed by atoms with Crippen LogP contribution < -0.4 is 5.73 Å². The van der Waals surface area contributed by atoms with Crippen molar-refractivity contribution < 1.29 is 8.78 Å². The largest absolute Gasteiger partial charge is 0.324 e. The molecule has 0 unspecified atom stereocenters. The van der Waals surface area contributed by atoms with Crippen molar-refractivity contribution >= 4 is 11.6 Å². The standard InChI is InChI=1S/C10H12ClF2N/c1-2-3-8(14)9-7(12)5-4-6(11)10(9)13/h4-5,8H,2-3,14H2,1H3/t8-/m1/s1. The lowest BCUT2D eigenvalue weighted by Crippen LogP contribution is -2.14. The zero-order valence-corrected chi connectivity index (χ0v) is 8.61. The molecule has 0 amide bonds. The number of halogens is 3. The molecule has 0 aliphatic heterocycles. The van der Waals surface area contributed by atoms with Crippen molar-refractivity contribution in [2.75, 3.05) is 0 Å². The van der Waals surface area contributed by atoms with Crippen LogP contribution >= 0.6 is 11.6 Å². The van der Waals surface area contributed by atoms with Crippen molar-refractivity contribution in [1.82, 2.24) is 0 Å². The van der Waals surface area contributed by atoms with Gasteiger partial charge in [0.2, 0.25) is 0 Å². The van der Waals surface area contributed by atoms with Crippen LogP contribution in [-0.4, -0.2) is 0 Å². The average molecular weight is 220 g/mol. The summed E-state index contributed by atoms with van der Waals surface area (Å²) in [5.41, 5.74) is 5.53. The molecule has 0 bridgehead atoms. The van der Waals surface area contributed by atoms with Gasteiger partial charge in [0.05, 0.1) is 5.02 Å². The van der Waals surface area contributed by atoms with Crippen LogP contribution in [0.1, 0.15) is 31.4 Å². The Labute approximate surface area is 86.9 Å². The monoisotopic (exact) mass is 219 g/mol. The Hall–Kier alpha value is -0.670. The Morgan fingerprint density at radius 3 is 2.64 bits per heavy atom. The van der Waals surface area contributed by atoms with Gasteiger partial charge >= 0.3 is 0 Å². The van der Waals surface area contributed by atoms with Gasteiger partial charge in [0.1, 0.15) is 11.6 Å². The highest BCUT2D eigenvalue weighted by atomic mass is 35.5. The van der Waals surface area contributed by atoms with E-state index in [0.29, 0.717) is 6.42 Å². The number of nitrogens with two attached hydrogens (primary N) is 1. The van der Waals surface area contributed by atoms with E-state index >= 15 is 0 Å². The Bertz CT molecular complexity index is 328. The Morgan fingerprint density at radius 1 is 1.43 bits per heavy atom. The maximum atomic E-state index is 13.4. The first-order valence-electron chi connectivity index (χ1n) is 4.46. The second-order valence-electron chi connectivity index (χ2n) is 3.15. The molecule has 1 atom stereocenters. The molecule has 0 aromatic heterocycles. The Morgan fingerprint density at radius 2 is 2.07 bits per heavy atom. The summed E-state index contributed by atoms with van der Waals surface area (Å²) >= 11 is 5.53. The summed E-state index contributed by atoms with van der Waals surface area (Å²) in [6.45, 7) is 1.90. The van der Waals surface area contributed by atoms with E-state index in [9.17, 15) is 8.78 Å². The van der Waals surface area contributed by atoms with Crippen molar-refractivity contribution in [3.8, 4) is 0 Å². The Kier molecular flexibility index (Phi) is 3.84. The van der Waals surface area contributed by atoms with Crippen LogP contribution in [0.2, 0.25) is 5.02 Å². The minimum absolute atomic E-state index is 0.0899. The average Bonchev–Trinajstić information content (AvgIpc) is 2.13. The molecule has 0 heterocycles. The highest BCUT2D eigenvalue weighted by molar-refractivity contribution is 6.30. The fourth-order valence-electron chi connectivity index (χ4n) is 1.34. The summed E-state index contributed by atoms with van der Waals surface area (Å²) in [4.78, 5) is 0. The van der Waals surface area contributed by atoms with Gasteiger partial charge < -0.3 is 5.73 Å². The lowest BCUT2D eigenvalue weighted by molar-refractivity contribution is 0.510. The molecule has 0 aliphatic carbocycles. The highest BCUT2D eigenvalue weighted by Crippen LogP contribution is 2.27. The molecule has 0 spiro atoms. The van der Waals surface area contributed by atoms with Crippen LogP contribution in [0.25, 0.3) is 0 Å². The quantitative estimate of drug-likeness (QED) is 0.775. The fraction of sp³-hybridized carbons (Fsp3) is 0.400. The zero-order valence-electron chi connectivity index (χ0n) is 7.86. The van der Waals surface area contributed by atoms with Crippen LogP contribution in [0.3, 0.4) is 0 Å². The van der Waals surface area contributed by atoms with E-state index in [-0.39, 0.29) is 10.6 Å². The molecule has 4 heteroatoms. The minimum Gasteiger partial charge on any atom is -0.324 e. The lowest BCUT2D eigenvalue weighted by atomic mass is 10.0. The van der Waals surface area contributed by atoms with Gasteiger partial charge in [0, 0.05) is 11.6 Å². The van der Waals surface area contributed by atoms with E-state index in [0.717, 1.165) is 12.5 Å². The van der Waals surface area contributed by atoms with Crippen LogP contribution in [0.15, 0.2) is 12.1 Å². The van der Waals surface area contributed by atoms with Crippen LogP contribution in [0, 0.1) is 11.6 Å². The molecule has 0 aliphatic rings. The number of benzene rings is 1. The summed E-state index contributed by atoms with van der Waals surface area (Å²) in [5, 5.41) is -0.0899. The third-order valence-electron chi connectivity index (χ3n) is 2.05. The molecule has 78 valence electrons. The summed E-state index contributed by atoms with van der Waals surface area (Å²) in [7, 11) is 0. The molecular weight excluding hydrogens is 208 g/mol. The first-order chi connectivity index (χ1) is 6.57. The molecule has 1 aromatic rings. The Balaban J connectivity index is 3.11. The molecule has 1 nitrogen and oxygen atoms in total. The predicted octanol–water partition coefficient (Wildman–Crippen LogP) is 3.42. The minimum atomic E-state index is -0.743. The van der Waals surface area contributed by atoms with Crippen molar-refractivity contribution in [2.45, 2.75) is 25.8 Å². The summed E-state index contributed by atoms with van der Waals surface area (Å²) in [5.74, 6) is -1.37. The fourth-order valence-corrected chi connectivity index (χ4v) is 1.50. The summed E-state index contributed by atoms with van der Waals surface area (Å²) in [6, 6.07) is 1.70. The zero-order chi connectivity index (χ0) is 10.7. The molecule has 1 rings (SSSR count). The van der Waals surface area contributed by atoms with Gasteiger partial charge in [-0.15, -0.1) is 0 Å². The van der Waals surface area contributed by atoms with Crippen molar-refractivity contribution in [3.05, 3.63) is 34.4 Å². The van der Waals surface area contributed by atoms with Gasteiger partial charge in [-0.3, -0.25) is 0 Å². The topological polar surface area (TPSA) is 26.0 Å². The molecule has 0 radical (unpaired) electrons. The molecule has 14 heavy (non-hydrogen) atoms. The SMILES string of the molecule is CCC[C@@H](N)c1c(F)ccc(Cl)c1F. The molecule has 0 saturated heterocycles. The first kappa shape index (κ1) is 11.4.